The maximum Gasteiger partial charge on any atom is 0.416 e. The number of ether oxygens (including phenoxy) is 1. The van der Waals surface area contributed by atoms with Crippen LogP contribution in [-0.4, -0.2) is 23.5 Å². The molecule has 0 radical (unpaired) electrons. The molecule has 2 N–H and O–H groups in total. The van der Waals surface area contributed by atoms with Gasteiger partial charge < -0.3 is 15.4 Å². The molecular weight excluding hydrogens is 369 g/mol. The summed E-state index contributed by atoms with van der Waals surface area (Å²) in [6.07, 6.45) is -0.138. The number of thioether (sulfide) groups is 1. The Morgan fingerprint density at radius 3 is 2.65 bits per heavy atom. The lowest BCUT2D eigenvalue weighted by molar-refractivity contribution is -0.137. The average Bonchev–Trinajstić information content (AvgIpc) is 2.96. The zero-order valence-corrected chi connectivity index (χ0v) is 14.7. The predicted octanol–water partition coefficient (Wildman–Crippen LogP) is 3.95. The maximum absolute atomic E-state index is 12.8. The van der Waals surface area contributed by atoms with Gasteiger partial charge in [0.25, 0.3) is 5.91 Å². The van der Waals surface area contributed by atoms with Gasteiger partial charge in [-0.2, -0.15) is 13.2 Å². The molecule has 2 amide bonds. The van der Waals surface area contributed by atoms with Crippen molar-refractivity contribution < 1.29 is 27.5 Å². The molecule has 2 aliphatic rings. The van der Waals surface area contributed by atoms with Gasteiger partial charge in [-0.3, -0.25) is 4.79 Å². The fourth-order valence-electron chi connectivity index (χ4n) is 3.08. The van der Waals surface area contributed by atoms with Crippen molar-refractivity contribution in [2.24, 2.45) is 0 Å². The van der Waals surface area contributed by atoms with Crippen molar-refractivity contribution in [1.29, 1.82) is 0 Å². The molecule has 1 aliphatic heterocycles. The van der Waals surface area contributed by atoms with E-state index in [1.54, 1.807) is 0 Å². The van der Waals surface area contributed by atoms with Gasteiger partial charge in [0.1, 0.15) is 5.37 Å². The first-order valence-corrected chi connectivity index (χ1v) is 9.37. The average molecular weight is 388 g/mol. The van der Waals surface area contributed by atoms with Crippen molar-refractivity contribution in [1.82, 2.24) is 10.6 Å². The van der Waals surface area contributed by atoms with Gasteiger partial charge in [-0.05, 0) is 30.5 Å². The number of amides is 2. The number of rotatable bonds is 3. The number of alkyl carbamates (subject to hydrolysis) is 1. The molecule has 142 valence electrons. The van der Waals surface area contributed by atoms with Crippen molar-refractivity contribution in [3.8, 4) is 0 Å². The van der Waals surface area contributed by atoms with Crippen LogP contribution in [0, 0.1) is 0 Å². The molecule has 0 aromatic heterocycles. The van der Waals surface area contributed by atoms with E-state index >= 15 is 0 Å². The van der Waals surface area contributed by atoms with Gasteiger partial charge in [0.2, 0.25) is 5.44 Å². The van der Waals surface area contributed by atoms with E-state index in [-0.39, 0.29) is 6.04 Å². The van der Waals surface area contributed by atoms with E-state index in [4.69, 9.17) is 4.74 Å². The molecule has 2 unspecified atom stereocenters. The smallest absolute Gasteiger partial charge is 0.416 e. The van der Waals surface area contributed by atoms with E-state index < -0.39 is 34.6 Å². The van der Waals surface area contributed by atoms with Crippen LogP contribution in [0.1, 0.15) is 48.6 Å². The van der Waals surface area contributed by atoms with Crippen molar-refractivity contribution in [2.75, 3.05) is 0 Å². The summed E-state index contributed by atoms with van der Waals surface area (Å²) in [6.45, 7) is 0. The van der Waals surface area contributed by atoms with Crippen molar-refractivity contribution in [3.05, 3.63) is 35.4 Å². The summed E-state index contributed by atoms with van der Waals surface area (Å²) in [6, 6.07) is 4.79. The van der Waals surface area contributed by atoms with E-state index in [9.17, 15) is 22.8 Å². The first-order valence-electron chi connectivity index (χ1n) is 8.43. The Balaban J connectivity index is 1.59. The Morgan fingerprint density at radius 2 is 1.96 bits per heavy atom. The number of carbonyl (C=O) groups excluding carboxylic acids is 2. The molecule has 1 saturated carbocycles. The number of alkyl halides is 3. The lowest BCUT2D eigenvalue weighted by atomic mass is 9.96. The monoisotopic (exact) mass is 388 g/mol. The van der Waals surface area contributed by atoms with E-state index in [0.29, 0.717) is 5.56 Å². The van der Waals surface area contributed by atoms with Crippen LogP contribution in [0.5, 0.6) is 0 Å². The quantitative estimate of drug-likeness (QED) is 0.823. The molecule has 1 aromatic rings. The van der Waals surface area contributed by atoms with E-state index in [0.717, 1.165) is 56.0 Å². The van der Waals surface area contributed by atoms with Gasteiger partial charge in [-0.25, -0.2) is 4.79 Å². The molecule has 2 atom stereocenters. The Labute approximate surface area is 153 Å². The molecule has 1 saturated heterocycles. The number of nitrogens with one attached hydrogen (secondary N) is 2. The fourth-order valence-corrected chi connectivity index (χ4v) is 4.15. The highest BCUT2D eigenvalue weighted by molar-refractivity contribution is 8.01. The van der Waals surface area contributed by atoms with E-state index in [1.165, 1.54) is 12.1 Å². The van der Waals surface area contributed by atoms with Gasteiger partial charge >= 0.3 is 12.3 Å². The largest absolute Gasteiger partial charge is 0.425 e. The molecule has 9 heteroatoms. The minimum atomic E-state index is -4.46. The Hall–Kier alpha value is -1.90. The van der Waals surface area contributed by atoms with E-state index in [2.05, 4.69) is 10.6 Å². The van der Waals surface area contributed by atoms with Crippen LogP contribution in [0.15, 0.2) is 24.3 Å². The van der Waals surface area contributed by atoms with Crippen LogP contribution >= 0.6 is 11.8 Å². The van der Waals surface area contributed by atoms with Crippen molar-refractivity contribution in [2.45, 2.75) is 55.1 Å². The number of benzene rings is 1. The second-order valence-corrected chi connectivity index (χ2v) is 7.54. The van der Waals surface area contributed by atoms with Gasteiger partial charge in [0, 0.05) is 6.04 Å². The first kappa shape index (κ1) is 18.9. The van der Waals surface area contributed by atoms with Crippen LogP contribution in [0.4, 0.5) is 18.0 Å². The first-order chi connectivity index (χ1) is 12.3. The van der Waals surface area contributed by atoms with E-state index in [1.807, 2.05) is 0 Å². The van der Waals surface area contributed by atoms with Gasteiger partial charge in [-0.15, -0.1) is 0 Å². The Bertz CT molecular complexity index is 677. The summed E-state index contributed by atoms with van der Waals surface area (Å²) in [5, 5.41) is 4.61. The zero-order chi connectivity index (χ0) is 18.7. The summed E-state index contributed by atoms with van der Waals surface area (Å²) in [7, 11) is 0. The molecule has 26 heavy (non-hydrogen) atoms. The molecule has 1 aromatic carbocycles. The predicted molar refractivity (Wildman–Crippen MR) is 90.2 cm³/mol. The molecule has 0 bridgehead atoms. The topological polar surface area (TPSA) is 67.4 Å². The number of hydrogen-bond donors (Lipinski definition) is 2. The van der Waals surface area contributed by atoms with Crippen molar-refractivity contribution in [3.63, 3.8) is 0 Å². The molecule has 1 aliphatic carbocycles. The normalized spacial score (nSPS) is 24.2. The second-order valence-electron chi connectivity index (χ2n) is 6.36. The van der Waals surface area contributed by atoms with Crippen LogP contribution in [0.3, 0.4) is 0 Å². The number of hydrogen-bond acceptors (Lipinski definition) is 4. The van der Waals surface area contributed by atoms with Gasteiger partial charge in [0.15, 0.2) is 0 Å². The SMILES string of the molecule is O=C(NC1CCCCC1)OC1SC(c2cccc(C(F)(F)F)c2)NC1=O. The third-order valence-corrected chi connectivity index (χ3v) is 5.62. The zero-order valence-electron chi connectivity index (χ0n) is 13.8. The molecule has 5 nitrogen and oxygen atoms in total. The third kappa shape index (κ3) is 4.63. The molecule has 0 spiro atoms. The lowest BCUT2D eigenvalue weighted by Gasteiger charge is -2.22. The Kier molecular flexibility index (Phi) is 5.64. The third-order valence-electron chi connectivity index (χ3n) is 4.41. The molecule has 3 rings (SSSR count). The molecular formula is C17H19F3N2O3S. The highest BCUT2D eigenvalue weighted by atomic mass is 32.2. The summed E-state index contributed by atoms with van der Waals surface area (Å²) in [5.41, 5.74) is -1.57. The van der Waals surface area contributed by atoms with Gasteiger partial charge in [0.05, 0.1) is 5.56 Å². The highest BCUT2D eigenvalue weighted by Crippen LogP contribution is 2.38. The minimum Gasteiger partial charge on any atom is -0.425 e. The molecule has 2 fully saturated rings. The molecule has 1 heterocycles. The highest BCUT2D eigenvalue weighted by Gasteiger charge is 2.38. The van der Waals surface area contributed by atoms with Crippen LogP contribution in [0.2, 0.25) is 0 Å². The van der Waals surface area contributed by atoms with Crippen LogP contribution in [-0.2, 0) is 15.7 Å². The van der Waals surface area contributed by atoms with Crippen LogP contribution in [0.25, 0.3) is 0 Å². The van der Waals surface area contributed by atoms with Crippen LogP contribution < -0.4 is 10.6 Å². The maximum atomic E-state index is 12.8. The van der Waals surface area contributed by atoms with Gasteiger partial charge in [-0.1, -0.05) is 43.2 Å². The summed E-state index contributed by atoms with van der Waals surface area (Å²) in [4.78, 5) is 24.0. The Morgan fingerprint density at radius 1 is 1.23 bits per heavy atom. The summed E-state index contributed by atoms with van der Waals surface area (Å²) >= 11 is 0.970. The second kappa shape index (κ2) is 7.77. The standard InChI is InChI=1S/C17H19F3N2O3S/c18-17(19,20)11-6-4-5-10(9-11)14-22-13(23)15(26-14)25-16(24)21-12-7-2-1-3-8-12/h4-6,9,12,14-15H,1-3,7-8H2,(H,21,24)(H,22,23). The number of carbonyl (C=O) groups is 2. The van der Waals surface area contributed by atoms with Crippen molar-refractivity contribution >= 4 is 23.8 Å². The minimum absolute atomic E-state index is 0.0463. The fraction of sp³-hybridized carbons (Fsp3) is 0.529. The summed E-state index contributed by atoms with van der Waals surface area (Å²) < 4.78 is 43.6. The summed E-state index contributed by atoms with van der Waals surface area (Å²) in [5.74, 6) is -0.531. The lowest BCUT2D eigenvalue weighted by Crippen LogP contribution is -2.39. The number of halogens is 3.